The minimum Gasteiger partial charge on any atom is -0.468 e. The van der Waals surface area contributed by atoms with Crippen LogP contribution in [0.25, 0.3) is 0 Å². The third-order valence-electron chi connectivity index (χ3n) is 2.17. The van der Waals surface area contributed by atoms with Crippen LogP contribution in [0.5, 0.6) is 0 Å². The first-order valence-corrected chi connectivity index (χ1v) is 5.73. The Bertz CT molecular complexity index is 420. The van der Waals surface area contributed by atoms with Crippen molar-refractivity contribution >= 4 is 11.3 Å². The van der Waals surface area contributed by atoms with Crippen molar-refractivity contribution in [2.75, 3.05) is 0 Å². The van der Waals surface area contributed by atoms with Crippen molar-refractivity contribution in [3.63, 3.8) is 0 Å². The molecule has 0 aliphatic rings. The highest BCUT2D eigenvalue weighted by Crippen LogP contribution is 2.16. The monoisotopic (exact) mass is 222 g/mol. The predicted octanol–water partition coefficient (Wildman–Crippen LogP) is 2.64. The molecule has 80 valence electrons. The molecule has 1 N–H and O–H groups in total. The minimum atomic E-state index is 0.753. The summed E-state index contributed by atoms with van der Waals surface area (Å²) in [5.41, 5.74) is 1.14. The smallest absolute Gasteiger partial charge is 0.117 e. The Hall–Kier alpha value is -1.13. The van der Waals surface area contributed by atoms with Gasteiger partial charge in [-0.25, -0.2) is 4.98 Å². The third kappa shape index (κ3) is 2.67. The zero-order valence-electron chi connectivity index (χ0n) is 8.91. The quantitative estimate of drug-likeness (QED) is 0.864. The molecule has 0 saturated carbocycles. The number of furan rings is 1. The molecule has 2 rings (SSSR count). The SMILES string of the molecule is Cc1nc(CNCc2ccco2)c(C)s1. The van der Waals surface area contributed by atoms with Crippen molar-refractivity contribution in [2.45, 2.75) is 26.9 Å². The lowest BCUT2D eigenvalue weighted by Crippen LogP contribution is -2.13. The topological polar surface area (TPSA) is 38.1 Å². The molecular weight excluding hydrogens is 208 g/mol. The molecular formula is C11H14N2OS. The number of aryl methyl sites for hydroxylation is 2. The van der Waals surface area contributed by atoms with Gasteiger partial charge in [-0.2, -0.15) is 0 Å². The zero-order chi connectivity index (χ0) is 10.7. The fourth-order valence-electron chi connectivity index (χ4n) is 1.45. The Labute approximate surface area is 93.2 Å². The third-order valence-corrected chi connectivity index (χ3v) is 3.10. The predicted molar refractivity (Wildman–Crippen MR) is 60.8 cm³/mol. The van der Waals surface area contributed by atoms with Crippen LogP contribution >= 0.6 is 11.3 Å². The van der Waals surface area contributed by atoms with Crippen LogP contribution in [0.2, 0.25) is 0 Å². The highest BCUT2D eigenvalue weighted by atomic mass is 32.1. The number of nitrogens with one attached hydrogen (secondary N) is 1. The average molecular weight is 222 g/mol. The molecule has 0 unspecified atom stereocenters. The Kier molecular flexibility index (Phi) is 3.18. The van der Waals surface area contributed by atoms with Crippen molar-refractivity contribution in [2.24, 2.45) is 0 Å². The molecule has 0 amide bonds. The minimum absolute atomic E-state index is 0.753. The second-order valence-corrected chi connectivity index (χ2v) is 4.83. The van der Waals surface area contributed by atoms with Gasteiger partial charge in [0.05, 0.1) is 23.5 Å². The Morgan fingerprint density at radius 1 is 1.40 bits per heavy atom. The Balaban J connectivity index is 1.86. The standard InChI is InChI=1S/C11H14N2OS/c1-8-11(13-9(2)15-8)7-12-6-10-4-3-5-14-10/h3-5,12H,6-7H2,1-2H3. The largest absolute Gasteiger partial charge is 0.468 e. The van der Waals surface area contributed by atoms with Crippen molar-refractivity contribution in [1.29, 1.82) is 0 Å². The highest BCUT2D eigenvalue weighted by molar-refractivity contribution is 7.11. The maximum absolute atomic E-state index is 5.23. The van der Waals surface area contributed by atoms with Gasteiger partial charge in [0, 0.05) is 11.4 Å². The van der Waals surface area contributed by atoms with Crippen LogP contribution in [0.3, 0.4) is 0 Å². The summed E-state index contributed by atoms with van der Waals surface area (Å²) in [5, 5.41) is 4.44. The van der Waals surface area contributed by atoms with E-state index in [0.29, 0.717) is 0 Å². The summed E-state index contributed by atoms with van der Waals surface area (Å²) in [5.74, 6) is 0.958. The van der Waals surface area contributed by atoms with Crippen LogP contribution in [-0.4, -0.2) is 4.98 Å². The molecule has 2 heterocycles. The summed E-state index contributed by atoms with van der Waals surface area (Å²) in [6, 6.07) is 3.86. The summed E-state index contributed by atoms with van der Waals surface area (Å²) in [4.78, 5) is 5.75. The van der Waals surface area contributed by atoms with Gasteiger partial charge in [-0.05, 0) is 26.0 Å². The summed E-state index contributed by atoms with van der Waals surface area (Å²) in [6.07, 6.45) is 1.69. The molecule has 0 saturated heterocycles. The van der Waals surface area contributed by atoms with E-state index < -0.39 is 0 Å². The maximum atomic E-state index is 5.23. The lowest BCUT2D eigenvalue weighted by Gasteiger charge is -2.00. The molecule has 2 aromatic heterocycles. The first-order chi connectivity index (χ1) is 7.25. The van der Waals surface area contributed by atoms with Gasteiger partial charge in [-0.15, -0.1) is 11.3 Å². The number of aromatic nitrogens is 1. The van der Waals surface area contributed by atoms with Gasteiger partial charge in [-0.1, -0.05) is 0 Å². The van der Waals surface area contributed by atoms with E-state index in [1.165, 1.54) is 4.88 Å². The number of nitrogens with zero attached hydrogens (tertiary/aromatic N) is 1. The zero-order valence-corrected chi connectivity index (χ0v) is 9.73. The van der Waals surface area contributed by atoms with E-state index in [2.05, 4.69) is 17.2 Å². The highest BCUT2D eigenvalue weighted by Gasteiger charge is 2.04. The maximum Gasteiger partial charge on any atom is 0.117 e. The molecule has 0 radical (unpaired) electrons. The number of thiazole rings is 1. The molecule has 0 spiro atoms. The summed E-state index contributed by atoms with van der Waals surface area (Å²) < 4.78 is 5.23. The molecule has 0 fully saturated rings. The van der Waals surface area contributed by atoms with Crippen molar-refractivity contribution in [3.05, 3.63) is 39.7 Å². The fraction of sp³-hybridized carbons (Fsp3) is 0.364. The van der Waals surface area contributed by atoms with Crippen LogP contribution in [-0.2, 0) is 13.1 Å². The van der Waals surface area contributed by atoms with Gasteiger partial charge in [0.1, 0.15) is 5.76 Å². The van der Waals surface area contributed by atoms with Gasteiger partial charge in [0.15, 0.2) is 0 Å². The molecule has 0 aliphatic carbocycles. The van der Waals surface area contributed by atoms with Crippen molar-refractivity contribution in [3.8, 4) is 0 Å². The molecule has 2 aromatic rings. The molecule has 0 atom stereocenters. The van der Waals surface area contributed by atoms with Crippen LogP contribution in [0.4, 0.5) is 0 Å². The van der Waals surface area contributed by atoms with Gasteiger partial charge < -0.3 is 9.73 Å². The van der Waals surface area contributed by atoms with Gasteiger partial charge in [0.2, 0.25) is 0 Å². The van der Waals surface area contributed by atoms with E-state index in [1.807, 2.05) is 19.1 Å². The van der Waals surface area contributed by atoms with E-state index in [-0.39, 0.29) is 0 Å². The summed E-state index contributed by atoms with van der Waals surface area (Å²) in [6.45, 7) is 5.70. The van der Waals surface area contributed by atoms with Crippen LogP contribution in [0.1, 0.15) is 21.3 Å². The summed E-state index contributed by atoms with van der Waals surface area (Å²) in [7, 11) is 0. The summed E-state index contributed by atoms with van der Waals surface area (Å²) >= 11 is 1.74. The van der Waals surface area contributed by atoms with E-state index in [9.17, 15) is 0 Å². The van der Waals surface area contributed by atoms with Gasteiger partial charge in [-0.3, -0.25) is 0 Å². The normalized spacial score (nSPS) is 10.8. The van der Waals surface area contributed by atoms with Gasteiger partial charge in [0.25, 0.3) is 0 Å². The lowest BCUT2D eigenvalue weighted by atomic mass is 10.3. The fourth-order valence-corrected chi connectivity index (χ4v) is 2.29. The number of hydrogen-bond donors (Lipinski definition) is 1. The van der Waals surface area contributed by atoms with E-state index in [4.69, 9.17) is 4.42 Å². The molecule has 15 heavy (non-hydrogen) atoms. The number of hydrogen-bond acceptors (Lipinski definition) is 4. The lowest BCUT2D eigenvalue weighted by molar-refractivity contribution is 0.482. The first-order valence-electron chi connectivity index (χ1n) is 4.91. The Morgan fingerprint density at radius 2 is 2.27 bits per heavy atom. The molecule has 0 aromatic carbocycles. The van der Waals surface area contributed by atoms with E-state index >= 15 is 0 Å². The van der Waals surface area contributed by atoms with Gasteiger partial charge >= 0.3 is 0 Å². The molecule has 0 aliphatic heterocycles. The van der Waals surface area contributed by atoms with Crippen molar-refractivity contribution < 1.29 is 4.42 Å². The molecule has 4 heteroatoms. The van der Waals surface area contributed by atoms with Crippen molar-refractivity contribution in [1.82, 2.24) is 10.3 Å². The Morgan fingerprint density at radius 3 is 2.87 bits per heavy atom. The number of rotatable bonds is 4. The van der Waals surface area contributed by atoms with Crippen LogP contribution < -0.4 is 5.32 Å². The average Bonchev–Trinajstić information content (AvgIpc) is 2.77. The molecule has 0 bridgehead atoms. The molecule has 3 nitrogen and oxygen atoms in total. The van der Waals surface area contributed by atoms with E-state index in [0.717, 1.165) is 29.6 Å². The van der Waals surface area contributed by atoms with E-state index in [1.54, 1.807) is 17.6 Å². The second-order valence-electron chi connectivity index (χ2n) is 3.42. The van der Waals surface area contributed by atoms with Crippen LogP contribution in [0, 0.1) is 13.8 Å². The second kappa shape index (κ2) is 4.59. The van der Waals surface area contributed by atoms with Crippen LogP contribution in [0.15, 0.2) is 22.8 Å². The first kappa shape index (κ1) is 10.4.